The highest BCUT2D eigenvalue weighted by atomic mass is 15.2. The van der Waals surface area contributed by atoms with Gasteiger partial charge in [0.25, 0.3) is 0 Å². The molecule has 3 aromatic heterocycles. The van der Waals surface area contributed by atoms with Gasteiger partial charge in [0, 0.05) is 25.5 Å². The number of fused-ring (bicyclic) bond motifs is 1. The standard InChI is InChI=1S/C11H10N6/c1-12-11-13-5-2-8(16-11)9-4-7-17-10(15-9)3-6-14-17/h2-7H,1H3,(H,12,13,16). The van der Waals surface area contributed by atoms with E-state index in [1.54, 1.807) is 24.0 Å². The highest BCUT2D eigenvalue weighted by Crippen LogP contribution is 2.15. The first-order valence-corrected chi connectivity index (χ1v) is 5.18. The molecule has 0 aliphatic rings. The first-order valence-electron chi connectivity index (χ1n) is 5.18. The zero-order chi connectivity index (χ0) is 11.7. The summed E-state index contributed by atoms with van der Waals surface area (Å²) < 4.78 is 1.71. The maximum atomic E-state index is 4.46. The number of anilines is 1. The molecule has 0 aromatic carbocycles. The maximum Gasteiger partial charge on any atom is 0.222 e. The highest BCUT2D eigenvalue weighted by Gasteiger charge is 2.04. The molecule has 3 heterocycles. The average Bonchev–Trinajstić information content (AvgIpc) is 2.86. The topological polar surface area (TPSA) is 68.0 Å². The van der Waals surface area contributed by atoms with Crippen LogP contribution in [0.1, 0.15) is 0 Å². The second-order valence-electron chi connectivity index (χ2n) is 3.46. The average molecular weight is 226 g/mol. The zero-order valence-electron chi connectivity index (χ0n) is 9.20. The number of aromatic nitrogens is 5. The van der Waals surface area contributed by atoms with Gasteiger partial charge in [0.05, 0.1) is 17.6 Å². The second kappa shape index (κ2) is 3.82. The van der Waals surface area contributed by atoms with Crippen molar-refractivity contribution in [2.75, 3.05) is 12.4 Å². The van der Waals surface area contributed by atoms with Crippen LogP contribution in [0.5, 0.6) is 0 Å². The summed E-state index contributed by atoms with van der Waals surface area (Å²) in [5.41, 5.74) is 2.39. The number of hydrogen-bond acceptors (Lipinski definition) is 5. The lowest BCUT2D eigenvalue weighted by molar-refractivity contribution is 0.939. The first kappa shape index (κ1) is 9.71. The summed E-state index contributed by atoms with van der Waals surface area (Å²) in [6, 6.07) is 5.56. The molecule has 0 bridgehead atoms. The van der Waals surface area contributed by atoms with Gasteiger partial charge < -0.3 is 5.32 Å². The van der Waals surface area contributed by atoms with Gasteiger partial charge in [0.15, 0.2) is 5.65 Å². The van der Waals surface area contributed by atoms with Gasteiger partial charge in [-0.3, -0.25) is 0 Å². The normalized spacial score (nSPS) is 10.6. The molecule has 0 radical (unpaired) electrons. The number of nitrogens with zero attached hydrogens (tertiary/aromatic N) is 5. The third kappa shape index (κ3) is 1.69. The number of nitrogens with one attached hydrogen (secondary N) is 1. The van der Waals surface area contributed by atoms with Gasteiger partial charge in [-0.2, -0.15) is 5.10 Å². The minimum atomic E-state index is 0.581. The van der Waals surface area contributed by atoms with Gasteiger partial charge in [-0.05, 0) is 12.1 Å². The van der Waals surface area contributed by atoms with E-state index in [0.29, 0.717) is 5.95 Å². The minimum Gasteiger partial charge on any atom is -0.357 e. The largest absolute Gasteiger partial charge is 0.357 e. The molecule has 0 aliphatic carbocycles. The van der Waals surface area contributed by atoms with E-state index in [9.17, 15) is 0 Å². The van der Waals surface area contributed by atoms with Crippen molar-refractivity contribution in [3.63, 3.8) is 0 Å². The summed E-state index contributed by atoms with van der Waals surface area (Å²) in [5.74, 6) is 0.581. The monoisotopic (exact) mass is 226 g/mol. The van der Waals surface area contributed by atoms with Crippen LogP contribution in [-0.2, 0) is 0 Å². The predicted molar refractivity (Wildman–Crippen MR) is 63.6 cm³/mol. The van der Waals surface area contributed by atoms with E-state index in [0.717, 1.165) is 17.0 Å². The van der Waals surface area contributed by atoms with E-state index < -0.39 is 0 Å². The van der Waals surface area contributed by atoms with Gasteiger partial charge in [0.2, 0.25) is 5.95 Å². The van der Waals surface area contributed by atoms with Crippen molar-refractivity contribution in [3.8, 4) is 11.4 Å². The van der Waals surface area contributed by atoms with Crippen molar-refractivity contribution in [3.05, 3.63) is 36.8 Å². The van der Waals surface area contributed by atoms with Crippen LogP contribution < -0.4 is 5.32 Å². The Morgan fingerprint density at radius 3 is 2.82 bits per heavy atom. The smallest absolute Gasteiger partial charge is 0.222 e. The van der Waals surface area contributed by atoms with Gasteiger partial charge in [-0.15, -0.1) is 0 Å². The summed E-state index contributed by atoms with van der Waals surface area (Å²) in [6.07, 6.45) is 5.28. The Balaban J connectivity index is 2.12. The third-order valence-electron chi connectivity index (χ3n) is 2.40. The molecule has 0 atom stereocenters. The van der Waals surface area contributed by atoms with Crippen LogP contribution in [0.25, 0.3) is 17.0 Å². The van der Waals surface area contributed by atoms with Crippen LogP contribution in [0.2, 0.25) is 0 Å². The Morgan fingerprint density at radius 1 is 1.06 bits per heavy atom. The molecule has 6 heteroatoms. The van der Waals surface area contributed by atoms with E-state index in [1.807, 2.05) is 24.4 Å². The Kier molecular flexibility index (Phi) is 2.18. The molecule has 0 amide bonds. The predicted octanol–water partition coefficient (Wildman–Crippen LogP) is 1.23. The van der Waals surface area contributed by atoms with E-state index >= 15 is 0 Å². The molecule has 3 aromatic rings. The van der Waals surface area contributed by atoms with Crippen molar-refractivity contribution in [1.29, 1.82) is 0 Å². The molecule has 0 unspecified atom stereocenters. The lowest BCUT2D eigenvalue weighted by Crippen LogP contribution is -1.98. The first-order chi connectivity index (χ1) is 8.36. The summed E-state index contributed by atoms with van der Waals surface area (Å²) in [6.45, 7) is 0. The summed E-state index contributed by atoms with van der Waals surface area (Å²) >= 11 is 0. The fourth-order valence-corrected chi connectivity index (χ4v) is 1.58. The minimum absolute atomic E-state index is 0.581. The van der Waals surface area contributed by atoms with E-state index in [2.05, 4.69) is 25.4 Å². The van der Waals surface area contributed by atoms with Gasteiger partial charge in [-0.1, -0.05) is 0 Å². The summed E-state index contributed by atoms with van der Waals surface area (Å²) in [7, 11) is 1.78. The molecule has 0 saturated carbocycles. The van der Waals surface area contributed by atoms with E-state index in [-0.39, 0.29) is 0 Å². The molecule has 1 N–H and O–H groups in total. The van der Waals surface area contributed by atoms with Crippen LogP contribution in [0.15, 0.2) is 36.8 Å². The van der Waals surface area contributed by atoms with Gasteiger partial charge in [0.1, 0.15) is 0 Å². The van der Waals surface area contributed by atoms with Gasteiger partial charge in [-0.25, -0.2) is 19.5 Å². The Hall–Kier alpha value is -2.50. The van der Waals surface area contributed by atoms with Crippen LogP contribution >= 0.6 is 0 Å². The molecule has 0 fully saturated rings. The zero-order valence-corrected chi connectivity index (χ0v) is 9.20. The molecule has 0 saturated heterocycles. The lowest BCUT2D eigenvalue weighted by Gasteiger charge is -2.02. The third-order valence-corrected chi connectivity index (χ3v) is 2.40. The molecular formula is C11H10N6. The Morgan fingerprint density at radius 2 is 1.94 bits per heavy atom. The molecule has 0 aliphatic heterocycles. The van der Waals surface area contributed by atoms with E-state index in [1.165, 1.54) is 0 Å². The van der Waals surface area contributed by atoms with Crippen LogP contribution in [-0.4, -0.2) is 31.6 Å². The van der Waals surface area contributed by atoms with Crippen LogP contribution in [0.3, 0.4) is 0 Å². The SMILES string of the molecule is CNc1nccc(-c2ccn3nccc3n2)n1. The second-order valence-corrected chi connectivity index (χ2v) is 3.46. The summed E-state index contributed by atoms with van der Waals surface area (Å²) in [4.78, 5) is 12.9. The highest BCUT2D eigenvalue weighted by molar-refractivity contribution is 5.58. The maximum absolute atomic E-state index is 4.46. The molecular weight excluding hydrogens is 216 g/mol. The van der Waals surface area contributed by atoms with Crippen molar-refractivity contribution >= 4 is 11.6 Å². The Labute approximate surface area is 97.4 Å². The molecule has 0 spiro atoms. The van der Waals surface area contributed by atoms with Gasteiger partial charge >= 0.3 is 0 Å². The Bertz CT molecular complexity index is 660. The molecule has 3 rings (SSSR count). The van der Waals surface area contributed by atoms with Crippen molar-refractivity contribution in [2.45, 2.75) is 0 Å². The number of hydrogen-bond donors (Lipinski definition) is 1. The van der Waals surface area contributed by atoms with Crippen LogP contribution in [0.4, 0.5) is 5.95 Å². The fraction of sp³-hybridized carbons (Fsp3) is 0.0909. The lowest BCUT2D eigenvalue weighted by atomic mass is 10.3. The summed E-state index contributed by atoms with van der Waals surface area (Å²) in [5, 5.41) is 7.00. The molecule has 17 heavy (non-hydrogen) atoms. The van der Waals surface area contributed by atoms with Crippen molar-refractivity contribution in [1.82, 2.24) is 24.6 Å². The van der Waals surface area contributed by atoms with Crippen molar-refractivity contribution < 1.29 is 0 Å². The van der Waals surface area contributed by atoms with E-state index in [4.69, 9.17) is 0 Å². The quantitative estimate of drug-likeness (QED) is 0.711. The van der Waals surface area contributed by atoms with Crippen LogP contribution in [0, 0.1) is 0 Å². The molecule has 84 valence electrons. The number of rotatable bonds is 2. The van der Waals surface area contributed by atoms with Crippen molar-refractivity contribution in [2.24, 2.45) is 0 Å². The fourth-order valence-electron chi connectivity index (χ4n) is 1.58. The molecule has 6 nitrogen and oxygen atoms in total.